The third-order valence-electron chi connectivity index (χ3n) is 3.06. The lowest BCUT2D eigenvalue weighted by Crippen LogP contribution is -2.24. The number of amides is 1. The van der Waals surface area contributed by atoms with E-state index >= 15 is 0 Å². The van der Waals surface area contributed by atoms with Crippen molar-refractivity contribution in [1.29, 1.82) is 0 Å². The number of carboxylic acid groups (broad SMARTS) is 1. The van der Waals surface area contributed by atoms with Crippen molar-refractivity contribution < 1.29 is 19.4 Å². The monoisotopic (exact) mass is 346 g/mol. The Balaban J connectivity index is 1.81. The van der Waals surface area contributed by atoms with E-state index < -0.39 is 11.9 Å². The van der Waals surface area contributed by atoms with Gasteiger partial charge in [-0.15, -0.1) is 0 Å². The molecule has 0 bridgehead atoms. The van der Waals surface area contributed by atoms with E-state index in [1.807, 2.05) is 6.92 Å². The van der Waals surface area contributed by atoms with Crippen LogP contribution in [0.15, 0.2) is 47.6 Å². The van der Waals surface area contributed by atoms with E-state index in [1.165, 1.54) is 18.3 Å². The number of ether oxygens (including phenoxy) is 1. The van der Waals surface area contributed by atoms with E-state index in [1.54, 1.807) is 30.3 Å². The first-order chi connectivity index (χ1) is 11.5. The minimum absolute atomic E-state index is 0.183. The van der Waals surface area contributed by atoms with Crippen LogP contribution in [0.3, 0.4) is 0 Å². The molecule has 0 aliphatic rings. The van der Waals surface area contributed by atoms with Gasteiger partial charge in [0.1, 0.15) is 5.75 Å². The van der Waals surface area contributed by atoms with Gasteiger partial charge in [-0.2, -0.15) is 5.10 Å². The molecule has 0 saturated carbocycles. The summed E-state index contributed by atoms with van der Waals surface area (Å²) >= 11 is 5.91. The van der Waals surface area contributed by atoms with Crippen LogP contribution in [-0.4, -0.2) is 29.8 Å². The molecule has 24 heavy (non-hydrogen) atoms. The highest BCUT2D eigenvalue weighted by molar-refractivity contribution is 6.31. The molecule has 1 amide bonds. The number of aryl methyl sites for hydroxylation is 1. The Bertz CT molecular complexity index is 773. The summed E-state index contributed by atoms with van der Waals surface area (Å²) in [5.74, 6) is -0.873. The average molecular weight is 347 g/mol. The number of hydrazone groups is 1. The number of halogens is 1. The molecule has 0 heterocycles. The van der Waals surface area contributed by atoms with Gasteiger partial charge in [-0.25, -0.2) is 10.2 Å². The predicted molar refractivity (Wildman–Crippen MR) is 90.8 cm³/mol. The average Bonchev–Trinajstić information content (AvgIpc) is 2.56. The molecule has 0 saturated heterocycles. The summed E-state index contributed by atoms with van der Waals surface area (Å²) in [7, 11) is 0. The molecule has 0 atom stereocenters. The van der Waals surface area contributed by atoms with Gasteiger partial charge in [-0.05, 0) is 48.4 Å². The Hall–Kier alpha value is -2.86. The summed E-state index contributed by atoms with van der Waals surface area (Å²) in [5, 5.41) is 13.2. The number of carbonyl (C=O) groups excluding carboxylic acids is 1. The Morgan fingerprint density at radius 2 is 1.96 bits per heavy atom. The molecule has 2 aromatic carbocycles. The molecule has 0 radical (unpaired) electrons. The first-order valence-electron chi connectivity index (χ1n) is 7.00. The van der Waals surface area contributed by atoms with Gasteiger partial charge < -0.3 is 9.84 Å². The van der Waals surface area contributed by atoms with Crippen LogP contribution >= 0.6 is 11.6 Å². The van der Waals surface area contributed by atoms with Gasteiger partial charge in [0.15, 0.2) is 6.61 Å². The van der Waals surface area contributed by atoms with Crippen molar-refractivity contribution in [2.75, 3.05) is 6.61 Å². The van der Waals surface area contributed by atoms with Crippen LogP contribution in [0, 0.1) is 6.92 Å². The van der Waals surface area contributed by atoms with Crippen LogP contribution in [0.5, 0.6) is 5.75 Å². The van der Waals surface area contributed by atoms with Crippen LogP contribution < -0.4 is 10.2 Å². The van der Waals surface area contributed by atoms with Gasteiger partial charge in [0.2, 0.25) is 0 Å². The first-order valence-corrected chi connectivity index (χ1v) is 7.38. The smallest absolute Gasteiger partial charge is 0.335 e. The number of benzene rings is 2. The van der Waals surface area contributed by atoms with Crippen molar-refractivity contribution in [3.63, 3.8) is 0 Å². The van der Waals surface area contributed by atoms with Crippen molar-refractivity contribution in [1.82, 2.24) is 5.43 Å². The highest BCUT2D eigenvalue weighted by Gasteiger charge is 2.03. The van der Waals surface area contributed by atoms with E-state index in [-0.39, 0.29) is 12.2 Å². The normalized spacial score (nSPS) is 10.6. The highest BCUT2D eigenvalue weighted by Crippen LogP contribution is 2.20. The topological polar surface area (TPSA) is 88.0 Å². The van der Waals surface area contributed by atoms with Crippen LogP contribution in [0.4, 0.5) is 0 Å². The number of nitrogens with one attached hydrogen (secondary N) is 1. The molecule has 124 valence electrons. The number of hydrogen-bond acceptors (Lipinski definition) is 4. The predicted octanol–water partition coefficient (Wildman–Crippen LogP) is 2.88. The van der Waals surface area contributed by atoms with Crippen molar-refractivity contribution in [3.8, 4) is 5.75 Å². The van der Waals surface area contributed by atoms with Crippen molar-refractivity contribution in [2.45, 2.75) is 6.92 Å². The summed E-state index contributed by atoms with van der Waals surface area (Å²) in [6, 6.07) is 11.2. The van der Waals surface area contributed by atoms with Gasteiger partial charge in [-0.1, -0.05) is 23.7 Å². The van der Waals surface area contributed by atoms with Gasteiger partial charge >= 0.3 is 5.97 Å². The number of aromatic carboxylic acids is 1. The highest BCUT2D eigenvalue weighted by atomic mass is 35.5. The molecule has 0 aliphatic carbocycles. The Kier molecular flexibility index (Phi) is 5.92. The zero-order chi connectivity index (χ0) is 17.5. The summed E-state index contributed by atoms with van der Waals surface area (Å²) < 4.78 is 5.34. The first kappa shape index (κ1) is 17.5. The summed E-state index contributed by atoms with van der Waals surface area (Å²) in [4.78, 5) is 22.4. The maximum Gasteiger partial charge on any atom is 0.335 e. The van der Waals surface area contributed by atoms with E-state index in [2.05, 4.69) is 10.5 Å². The van der Waals surface area contributed by atoms with Gasteiger partial charge in [0, 0.05) is 5.02 Å². The molecule has 7 heteroatoms. The SMILES string of the molecule is Cc1cc(OCC(=O)N/N=C/c2ccc(C(=O)O)cc2)ccc1Cl. The molecule has 0 fully saturated rings. The summed E-state index contributed by atoms with van der Waals surface area (Å²) in [6.45, 7) is 1.66. The molecule has 0 aliphatic heterocycles. The zero-order valence-electron chi connectivity index (χ0n) is 12.8. The van der Waals surface area contributed by atoms with Gasteiger partial charge in [0.05, 0.1) is 11.8 Å². The number of carbonyl (C=O) groups is 2. The molecular weight excluding hydrogens is 332 g/mol. The third-order valence-corrected chi connectivity index (χ3v) is 3.48. The Morgan fingerprint density at radius 1 is 1.25 bits per heavy atom. The summed E-state index contributed by atoms with van der Waals surface area (Å²) in [5.41, 5.74) is 4.03. The van der Waals surface area contributed by atoms with Crippen LogP contribution in [0.25, 0.3) is 0 Å². The largest absolute Gasteiger partial charge is 0.484 e. The Labute approximate surface area is 143 Å². The Morgan fingerprint density at radius 3 is 2.58 bits per heavy atom. The lowest BCUT2D eigenvalue weighted by atomic mass is 10.1. The minimum Gasteiger partial charge on any atom is -0.484 e. The molecule has 2 rings (SSSR count). The lowest BCUT2D eigenvalue weighted by Gasteiger charge is -2.06. The van der Waals surface area contributed by atoms with Gasteiger partial charge in [0.25, 0.3) is 5.91 Å². The third kappa shape index (κ3) is 5.10. The van der Waals surface area contributed by atoms with Crippen molar-refractivity contribution in [3.05, 3.63) is 64.2 Å². The number of nitrogens with zero attached hydrogens (tertiary/aromatic N) is 1. The second kappa shape index (κ2) is 8.12. The maximum atomic E-state index is 11.6. The lowest BCUT2D eigenvalue weighted by molar-refractivity contribution is -0.123. The van der Waals surface area contributed by atoms with Crippen molar-refractivity contribution >= 4 is 29.7 Å². The molecular formula is C17H15ClN2O4. The van der Waals surface area contributed by atoms with Gasteiger partial charge in [-0.3, -0.25) is 4.79 Å². The molecule has 2 N–H and O–H groups in total. The number of carboxylic acids is 1. The van der Waals surface area contributed by atoms with E-state index in [4.69, 9.17) is 21.4 Å². The standard InChI is InChI=1S/C17H15ClN2O4/c1-11-8-14(6-7-15(11)18)24-10-16(21)20-19-9-12-2-4-13(5-3-12)17(22)23/h2-9H,10H2,1H3,(H,20,21)(H,22,23)/b19-9+. The number of rotatable bonds is 6. The molecule has 0 aromatic heterocycles. The van der Waals surface area contributed by atoms with Crippen LogP contribution in [0.1, 0.15) is 21.5 Å². The van der Waals surface area contributed by atoms with E-state index in [0.29, 0.717) is 16.3 Å². The molecule has 2 aromatic rings. The fourth-order valence-electron chi connectivity index (χ4n) is 1.78. The van der Waals surface area contributed by atoms with E-state index in [9.17, 15) is 9.59 Å². The van der Waals surface area contributed by atoms with Crippen LogP contribution in [-0.2, 0) is 4.79 Å². The van der Waals surface area contributed by atoms with Crippen molar-refractivity contribution in [2.24, 2.45) is 5.10 Å². The second-order valence-electron chi connectivity index (χ2n) is 4.92. The molecule has 0 spiro atoms. The molecule has 6 nitrogen and oxygen atoms in total. The fourth-order valence-corrected chi connectivity index (χ4v) is 1.90. The quantitative estimate of drug-likeness (QED) is 0.622. The maximum absolute atomic E-state index is 11.6. The second-order valence-corrected chi connectivity index (χ2v) is 5.33. The molecule has 0 unspecified atom stereocenters. The minimum atomic E-state index is -0.999. The van der Waals surface area contributed by atoms with E-state index in [0.717, 1.165) is 5.56 Å². The fraction of sp³-hybridized carbons (Fsp3) is 0.118. The summed E-state index contributed by atoms with van der Waals surface area (Å²) in [6.07, 6.45) is 1.41. The zero-order valence-corrected chi connectivity index (χ0v) is 13.6. The van der Waals surface area contributed by atoms with Crippen LogP contribution in [0.2, 0.25) is 5.02 Å². The number of hydrogen-bond donors (Lipinski definition) is 2.